The maximum atomic E-state index is 13.6. The van der Waals surface area contributed by atoms with Crippen LogP contribution in [0.3, 0.4) is 0 Å². The van der Waals surface area contributed by atoms with E-state index in [1.165, 1.54) is 0 Å². The molecule has 9 heteroatoms. The quantitative estimate of drug-likeness (QED) is 0.649. The topological polar surface area (TPSA) is 93.0 Å². The van der Waals surface area contributed by atoms with Gasteiger partial charge in [0.05, 0.1) is 38.2 Å². The number of methoxy groups -OCH3 is 1. The van der Waals surface area contributed by atoms with Crippen molar-refractivity contribution in [2.24, 2.45) is 11.3 Å². The molecule has 2 aliphatic heterocycles. The average Bonchev–Trinajstić information content (AvgIpc) is 3.28. The smallest absolute Gasteiger partial charge is 0.229 e. The molecule has 0 unspecified atom stereocenters. The van der Waals surface area contributed by atoms with Crippen LogP contribution in [0.5, 0.6) is 0 Å². The van der Waals surface area contributed by atoms with Crippen LogP contribution in [-0.4, -0.2) is 91.5 Å². The lowest BCUT2D eigenvalue weighted by Crippen LogP contribution is -2.60. The number of aromatic nitrogens is 2. The zero-order chi connectivity index (χ0) is 21.7. The monoisotopic (exact) mass is 435 g/mol. The molecular weight excluding hydrogens is 398 g/mol. The van der Waals surface area contributed by atoms with E-state index in [9.17, 15) is 4.79 Å². The molecule has 1 aromatic heterocycles. The predicted octanol–water partition coefficient (Wildman–Crippen LogP) is 1.09. The minimum atomic E-state index is -0.320. The summed E-state index contributed by atoms with van der Waals surface area (Å²) in [6, 6.07) is 0.573. The van der Waals surface area contributed by atoms with Gasteiger partial charge in [0.15, 0.2) is 5.82 Å². The summed E-state index contributed by atoms with van der Waals surface area (Å²) >= 11 is 0. The second-order valence-electron chi connectivity index (χ2n) is 9.12. The fraction of sp³-hybridized carbons (Fsp3) is 0.864. The van der Waals surface area contributed by atoms with Crippen molar-refractivity contribution in [2.75, 3.05) is 59.7 Å². The van der Waals surface area contributed by atoms with Crippen molar-refractivity contribution in [1.82, 2.24) is 25.3 Å². The number of hydrogen-bond acceptors (Lipinski definition) is 8. The average molecular weight is 436 g/mol. The van der Waals surface area contributed by atoms with E-state index < -0.39 is 0 Å². The molecule has 9 nitrogen and oxygen atoms in total. The fourth-order valence-electron chi connectivity index (χ4n) is 5.62. The third kappa shape index (κ3) is 5.10. The van der Waals surface area contributed by atoms with Crippen LogP contribution in [-0.2, 0) is 27.2 Å². The van der Waals surface area contributed by atoms with Crippen LogP contribution in [0.15, 0.2) is 4.52 Å². The molecule has 3 heterocycles. The first-order valence-electron chi connectivity index (χ1n) is 11.8. The molecule has 1 N–H and O–H groups in total. The number of nitrogens with zero attached hydrogens (tertiary/aromatic N) is 4. The van der Waals surface area contributed by atoms with Gasteiger partial charge in [0.25, 0.3) is 0 Å². The van der Waals surface area contributed by atoms with Gasteiger partial charge in [-0.1, -0.05) is 12.1 Å². The Labute approximate surface area is 184 Å². The Morgan fingerprint density at radius 1 is 1.29 bits per heavy atom. The largest absolute Gasteiger partial charge is 0.384 e. The summed E-state index contributed by atoms with van der Waals surface area (Å²) in [6.07, 6.45) is 4.79. The maximum absolute atomic E-state index is 13.6. The van der Waals surface area contributed by atoms with E-state index in [1.54, 1.807) is 7.11 Å². The lowest BCUT2D eigenvalue weighted by Gasteiger charge is -2.53. The SMILES string of the molecule is CCN1CC[C@@H]2C[C@@H](N3CCOCC3)CC[C@@]2(C(=O)NCc2noc(CCOC)n2)C1. The highest BCUT2D eigenvalue weighted by molar-refractivity contribution is 5.83. The minimum absolute atomic E-state index is 0.152. The number of likely N-dealkylation sites (tertiary alicyclic amines) is 1. The van der Waals surface area contributed by atoms with Gasteiger partial charge in [-0.2, -0.15) is 4.98 Å². The van der Waals surface area contributed by atoms with Crippen molar-refractivity contribution in [3.05, 3.63) is 11.7 Å². The molecule has 3 atom stereocenters. The Kier molecular flexibility index (Phi) is 7.58. The first-order chi connectivity index (χ1) is 15.1. The number of piperidine rings is 1. The summed E-state index contributed by atoms with van der Waals surface area (Å²) in [7, 11) is 1.64. The maximum Gasteiger partial charge on any atom is 0.229 e. The molecule has 0 aromatic carbocycles. The van der Waals surface area contributed by atoms with Crippen molar-refractivity contribution >= 4 is 5.91 Å². The van der Waals surface area contributed by atoms with Crippen LogP contribution in [0.2, 0.25) is 0 Å². The lowest BCUT2D eigenvalue weighted by atomic mass is 9.61. The molecule has 1 aliphatic carbocycles. The summed E-state index contributed by atoms with van der Waals surface area (Å²) in [5, 5.41) is 7.16. The van der Waals surface area contributed by atoms with Gasteiger partial charge in [-0.3, -0.25) is 9.69 Å². The van der Waals surface area contributed by atoms with E-state index in [-0.39, 0.29) is 11.3 Å². The summed E-state index contributed by atoms with van der Waals surface area (Å²) in [5.74, 6) is 1.64. The molecular formula is C22H37N5O4. The first-order valence-corrected chi connectivity index (χ1v) is 11.8. The number of ether oxygens (including phenoxy) is 2. The second kappa shape index (κ2) is 10.4. The molecule has 31 heavy (non-hydrogen) atoms. The van der Waals surface area contributed by atoms with Gasteiger partial charge in [-0.05, 0) is 44.7 Å². The molecule has 0 radical (unpaired) electrons. The van der Waals surface area contributed by atoms with Gasteiger partial charge in [0, 0.05) is 32.8 Å². The summed E-state index contributed by atoms with van der Waals surface area (Å²) in [5.41, 5.74) is -0.320. The molecule has 0 spiro atoms. The summed E-state index contributed by atoms with van der Waals surface area (Å²) in [6.45, 7) is 9.64. The van der Waals surface area contributed by atoms with Gasteiger partial charge >= 0.3 is 0 Å². The van der Waals surface area contributed by atoms with E-state index >= 15 is 0 Å². The van der Waals surface area contributed by atoms with Gasteiger partial charge in [0.2, 0.25) is 11.8 Å². The highest BCUT2D eigenvalue weighted by Crippen LogP contribution is 2.47. The van der Waals surface area contributed by atoms with Crippen molar-refractivity contribution < 1.29 is 18.8 Å². The number of morpholine rings is 1. The molecule has 2 saturated heterocycles. The molecule has 3 fully saturated rings. The van der Waals surface area contributed by atoms with Crippen LogP contribution in [0.1, 0.15) is 44.3 Å². The molecule has 0 bridgehead atoms. The van der Waals surface area contributed by atoms with Crippen LogP contribution in [0.25, 0.3) is 0 Å². The Hall–Kier alpha value is -1.55. The highest BCUT2D eigenvalue weighted by atomic mass is 16.5. The molecule has 1 aromatic rings. The first kappa shape index (κ1) is 22.6. The van der Waals surface area contributed by atoms with E-state index in [0.29, 0.717) is 43.2 Å². The number of hydrogen-bond donors (Lipinski definition) is 1. The number of rotatable bonds is 8. The van der Waals surface area contributed by atoms with Crippen LogP contribution >= 0.6 is 0 Å². The Bertz CT molecular complexity index is 723. The third-order valence-electron chi connectivity index (χ3n) is 7.46. The molecule has 174 valence electrons. The summed E-state index contributed by atoms with van der Waals surface area (Å²) < 4.78 is 15.8. The van der Waals surface area contributed by atoms with Gasteiger partial charge in [-0.25, -0.2) is 0 Å². The second-order valence-corrected chi connectivity index (χ2v) is 9.12. The molecule has 3 aliphatic rings. The van der Waals surface area contributed by atoms with Crippen LogP contribution in [0, 0.1) is 11.3 Å². The Morgan fingerprint density at radius 2 is 2.13 bits per heavy atom. The van der Waals surface area contributed by atoms with Crippen LogP contribution in [0.4, 0.5) is 0 Å². The summed E-state index contributed by atoms with van der Waals surface area (Å²) in [4.78, 5) is 23.0. The number of carbonyl (C=O) groups excluding carboxylic acids is 1. The highest BCUT2D eigenvalue weighted by Gasteiger charge is 2.52. The Balaban J connectivity index is 1.41. The number of fused-ring (bicyclic) bond motifs is 1. The van der Waals surface area contributed by atoms with E-state index in [0.717, 1.165) is 71.6 Å². The van der Waals surface area contributed by atoms with Gasteiger partial charge in [-0.15, -0.1) is 0 Å². The zero-order valence-corrected chi connectivity index (χ0v) is 19.0. The number of amides is 1. The van der Waals surface area contributed by atoms with Crippen molar-refractivity contribution in [2.45, 2.75) is 51.6 Å². The predicted molar refractivity (Wildman–Crippen MR) is 114 cm³/mol. The van der Waals surface area contributed by atoms with E-state index in [4.69, 9.17) is 14.0 Å². The van der Waals surface area contributed by atoms with Crippen molar-refractivity contribution in [1.29, 1.82) is 0 Å². The number of nitrogens with one attached hydrogen (secondary N) is 1. The van der Waals surface area contributed by atoms with E-state index in [2.05, 4.69) is 32.2 Å². The molecule has 1 saturated carbocycles. The van der Waals surface area contributed by atoms with Crippen molar-refractivity contribution in [3.8, 4) is 0 Å². The molecule has 4 rings (SSSR count). The fourth-order valence-corrected chi connectivity index (χ4v) is 5.62. The lowest BCUT2D eigenvalue weighted by molar-refractivity contribution is -0.145. The van der Waals surface area contributed by atoms with Gasteiger partial charge < -0.3 is 24.2 Å². The Morgan fingerprint density at radius 3 is 2.90 bits per heavy atom. The standard InChI is InChI=1S/C22H37N5O4/c1-3-26-8-5-17-14-18(27-9-12-30-13-10-27)4-7-22(17,16-26)21(28)23-15-19-24-20(31-25-19)6-11-29-2/h17-18H,3-16H2,1-2H3,(H,23,28)/t17-,18+,22-/m1/s1. The normalized spacial score (nSPS) is 30.1. The third-order valence-corrected chi connectivity index (χ3v) is 7.46. The zero-order valence-electron chi connectivity index (χ0n) is 19.0. The van der Waals surface area contributed by atoms with Crippen LogP contribution < -0.4 is 5.32 Å². The minimum Gasteiger partial charge on any atom is -0.384 e. The molecule has 1 amide bonds. The number of carbonyl (C=O) groups is 1. The van der Waals surface area contributed by atoms with E-state index in [1.807, 2.05) is 0 Å². The van der Waals surface area contributed by atoms with Crippen molar-refractivity contribution in [3.63, 3.8) is 0 Å². The van der Waals surface area contributed by atoms with Gasteiger partial charge in [0.1, 0.15) is 0 Å².